The van der Waals surface area contributed by atoms with Crippen molar-refractivity contribution in [1.82, 2.24) is 4.90 Å². The molecule has 0 aliphatic carbocycles. The van der Waals surface area contributed by atoms with Crippen LogP contribution >= 0.6 is 0 Å². The number of imide groups is 1. The summed E-state index contributed by atoms with van der Waals surface area (Å²) in [5, 5.41) is 10.1. The Labute approximate surface area is 113 Å². The number of rotatable bonds is 4. The second-order valence-corrected chi connectivity index (χ2v) is 5.24. The van der Waals surface area contributed by atoms with Crippen molar-refractivity contribution in [3.8, 4) is 0 Å². The minimum absolute atomic E-state index is 0.0543. The van der Waals surface area contributed by atoms with Gasteiger partial charge >= 0.3 is 0 Å². The Balaban J connectivity index is 2.05. The zero-order valence-electron chi connectivity index (χ0n) is 11.3. The van der Waals surface area contributed by atoms with Gasteiger partial charge in [-0.25, -0.2) is 0 Å². The lowest BCUT2D eigenvalue weighted by molar-refractivity contribution is -0.140. The van der Waals surface area contributed by atoms with Crippen molar-refractivity contribution in [3.05, 3.63) is 35.4 Å². The summed E-state index contributed by atoms with van der Waals surface area (Å²) in [4.78, 5) is 24.1. The van der Waals surface area contributed by atoms with Crippen molar-refractivity contribution in [2.45, 2.75) is 38.7 Å². The van der Waals surface area contributed by atoms with Gasteiger partial charge in [-0.05, 0) is 17.0 Å². The molecule has 2 amide bonds. The second-order valence-electron chi connectivity index (χ2n) is 5.24. The zero-order chi connectivity index (χ0) is 14.0. The van der Waals surface area contributed by atoms with E-state index in [0.29, 0.717) is 5.92 Å². The lowest BCUT2D eigenvalue weighted by Crippen LogP contribution is -2.33. The number of aliphatic hydroxyl groups excluding tert-OH is 1. The molecule has 1 aromatic rings. The van der Waals surface area contributed by atoms with Crippen molar-refractivity contribution < 1.29 is 14.7 Å². The Bertz CT molecular complexity index is 463. The maximum Gasteiger partial charge on any atom is 0.229 e. The van der Waals surface area contributed by atoms with Crippen LogP contribution in [-0.4, -0.2) is 28.4 Å². The Kier molecular flexibility index (Phi) is 4.00. The van der Waals surface area contributed by atoms with E-state index >= 15 is 0 Å². The van der Waals surface area contributed by atoms with Gasteiger partial charge in [0, 0.05) is 12.8 Å². The fourth-order valence-corrected chi connectivity index (χ4v) is 2.21. The zero-order valence-corrected chi connectivity index (χ0v) is 11.3. The Morgan fingerprint density at radius 1 is 1.05 bits per heavy atom. The first kappa shape index (κ1) is 13.7. The number of nitrogens with zero attached hydrogens (tertiary/aromatic N) is 1. The summed E-state index contributed by atoms with van der Waals surface area (Å²) >= 11 is 0. The molecular formula is C15H19NO3. The molecule has 1 fully saturated rings. The minimum atomic E-state index is -0.813. The van der Waals surface area contributed by atoms with Crippen LogP contribution in [0.15, 0.2) is 24.3 Å². The predicted molar refractivity (Wildman–Crippen MR) is 71.4 cm³/mol. The second kappa shape index (κ2) is 5.53. The highest BCUT2D eigenvalue weighted by Gasteiger charge is 2.30. The number of carbonyl (C=O) groups excluding carboxylic acids is 2. The summed E-state index contributed by atoms with van der Waals surface area (Å²) < 4.78 is 0. The van der Waals surface area contributed by atoms with Gasteiger partial charge in [-0.2, -0.15) is 0 Å². The summed E-state index contributed by atoms with van der Waals surface area (Å²) in [7, 11) is 0. The van der Waals surface area contributed by atoms with E-state index in [1.165, 1.54) is 5.56 Å². The third-order valence-electron chi connectivity index (χ3n) is 3.50. The van der Waals surface area contributed by atoms with E-state index in [-0.39, 0.29) is 31.2 Å². The molecule has 1 atom stereocenters. The van der Waals surface area contributed by atoms with E-state index in [0.717, 1.165) is 10.5 Å². The van der Waals surface area contributed by atoms with Gasteiger partial charge in [-0.1, -0.05) is 38.1 Å². The van der Waals surface area contributed by atoms with Crippen LogP contribution in [0.25, 0.3) is 0 Å². The molecule has 1 aliphatic rings. The third kappa shape index (κ3) is 3.01. The number of hydrogen-bond donors (Lipinski definition) is 1. The molecule has 0 bridgehead atoms. The molecule has 0 radical (unpaired) electrons. The van der Waals surface area contributed by atoms with Crippen molar-refractivity contribution in [1.29, 1.82) is 0 Å². The van der Waals surface area contributed by atoms with Crippen LogP contribution in [0.4, 0.5) is 0 Å². The van der Waals surface area contributed by atoms with Crippen LogP contribution in [0.2, 0.25) is 0 Å². The first-order valence-corrected chi connectivity index (χ1v) is 6.60. The van der Waals surface area contributed by atoms with Crippen LogP contribution in [0, 0.1) is 0 Å². The highest BCUT2D eigenvalue weighted by atomic mass is 16.3. The van der Waals surface area contributed by atoms with Crippen LogP contribution in [0.1, 0.15) is 49.8 Å². The monoisotopic (exact) mass is 261 g/mol. The molecule has 0 aromatic heterocycles. The van der Waals surface area contributed by atoms with E-state index in [9.17, 15) is 14.7 Å². The average molecular weight is 261 g/mol. The first-order valence-electron chi connectivity index (χ1n) is 6.60. The molecule has 1 unspecified atom stereocenters. The van der Waals surface area contributed by atoms with E-state index in [1.54, 1.807) is 0 Å². The standard InChI is InChI=1S/C15H19NO3/c1-10(2)11-3-5-12(6-4-11)13(17)9-16-14(18)7-8-15(16)19/h3-6,10,13,17H,7-9H2,1-2H3. The fraction of sp³-hybridized carbons (Fsp3) is 0.467. The quantitative estimate of drug-likeness (QED) is 0.843. The lowest BCUT2D eigenvalue weighted by Gasteiger charge is -2.19. The van der Waals surface area contributed by atoms with Crippen LogP contribution in [0.3, 0.4) is 0 Å². The molecule has 0 spiro atoms. The Morgan fingerprint density at radius 2 is 1.53 bits per heavy atom. The number of β-amino-alcohol motifs (C(OH)–C–C–N with tert-alkyl or cyclic N) is 1. The predicted octanol–water partition coefficient (Wildman–Crippen LogP) is 1.99. The summed E-state index contributed by atoms with van der Waals surface area (Å²) in [6.45, 7) is 4.26. The van der Waals surface area contributed by atoms with Crippen LogP contribution in [0.5, 0.6) is 0 Å². The van der Waals surface area contributed by atoms with Crippen molar-refractivity contribution in [2.75, 3.05) is 6.54 Å². The normalized spacial score (nSPS) is 17.4. The molecule has 1 aliphatic heterocycles. The van der Waals surface area contributed by atoms with Gasteiger partial charge in [-0.3, -0.25) is 14.5 Å². The highest BCUT2D eigenvalue weighted by Crippen LogP contribution is 2.21. The van der Waals surface area contributed by atoms with Gasteiger partial charge in [-0.15, -0.1) is 0 Å². The maximum absolute atomic E-state index is 11.5. The molecule has 1 aromatic carbocycles. The van der Waals surface area contributed by atoms with E-state index in [2.05, 4.69) is 13.8 Å². The van der Waals surface area contributed by atoms with Crippen LogP contribution in [-0.2, 0) is 9.59 Å². The Morgan fingerprint density at radius 3 is 2.00 bits per heavy atom. The number of carbonyl (C=O) groups is 2. The van der Waals surface area contributed by atoms with Gasteiger partial charge in [0.1, 0.15) is 0 Å². The molecule has 0 saturated carbocycles. The average Bonchev–Trinajstić information content (AvgIpc) is 2.70. The number of benzene rings is 1. The Hall–Kier alpha value is -1.68. The molecule has 1 heterocycles. The van der Waals surface area contributed by atoms with E-state index < -0.39 is 6.10 Å². The van der Waals surface area contributed by atoms with Gasteiger partial charge in [0.05, 0.1) is 12.6 Å². The molecule has 1 N–H and O–H groups in total. The number of likely N-dealkylation sites (tertiary alicyclic amines) is 1. The summed E-state index contributed by atoms with van der Waals surface area (Å²) in [5.74, 6) is 0.0543. The molecule has 102 valence electrons. The number of hydrogen-bond acceptors (Lipinski definition) is 3. The molecule has 1 saturated heterocycles. The largest absolute Gasteiger partial charge is 0.387 e. The number of aliphatic hydroxyl groups is 1. The minimum Gasteiger partial charge on any atom is -0.387 e. The molecule has 4 nitrogen and oxygen atoms in total. The molecule has 2 rings (SSSR count). The third-order valence-corrected chi connectivity index (χ3v) is 3.50. The first-order chi connectivity index (χ1) is 8.99. The van der Waals surface area contributed by atoms with E-state index in [4.69, 9.17) is 0 Å². The summed E-state index contributed by atoms with van der Waals surface area (Å²) in [6, 6.07) is 7.64. The van der Waals surface area contributed by atoms with Gasteiger partial charge in [0.15, 0.2) is 0 Å². The van der Waals surface area contributed by atoms with Crippen LogP contribution < -0.4 is 0 Å². The SMILES string of the molecule is CC(C)c1ccc(C(O)CN2C(=O)CCC2=O)cc1. The maximum atomic E-state index is 11.5. The van der Waals surface area contributed by atoms with Gasteiger partial charge < -0.3 is 5.11 Å². The van der Waals surface area contributed by atoms with Gasteiger partial charge in [0.2, 0.25) is 11.8 Å². The van der Waals surface area contributed by atoms with Crippen molar-refractivity contribution in [2.24, 2.45) is 0 Å². The van der Waals surface area contributed by atoms with Gasteiger partial charge in [0.25, 0.3) is 0 Å². The summed E-state index contributed by atoms with van der Waals surface area (Å²) in [5.41, 5.74) is 1.93. The van der Waals surface area contributed by atoms with Crippen molar-refractivity contribution in [3.63, 3.8) is 0 Å². The molecular weight excluding hydrogens is 242 g/mol. The molecule has 4 heteroatoms. The smallest absolute Gasteiger partial charge is 0.229 e. The fourth-order valence-electron chi connectivity index (χ4n) is 2.21. The molecule has 19 heavy (non-hydrogen) atoms. The number of amides is 2. The lowest BCUT2D eigenvalue weighted by atomic mass is 10.00. The topological polar surface area (TPSA) is 57.6 Å². The summed E-state index contributed by atoms with van der Waals surface area (Å²) in [6.07, 6.45) is -0.289. The highest BCUT2D eigenvalue weighted by molar-refractivity contribution is 6.01. The van der Waals surface area contributed by atoms with E-state index in [1.807, 2.05) is 24.3 Å². The van der Waals surface area contributed by atoms with Crippen molar-refractivity contribution >= 4 is 11.8 Å².